The SMILES string of the molecule is Cc1c(I)cc(C(F)F)nc1C#N. The van der Waals surface area contributed by atoms with Gasteiger partial charge in [-0.25, -0.2) is 13.8 Å². The van der Waals surface area contributed by atoms with Crippen LogP contribution in [-0.4, -0.2) is 4.98 Å². The topological polar surface area (TPSA) is 36.7 Å². The highest BCUT2D eigenvalue weighted by molar-refractivity contribution is 14.1. The van der Waals surface area contributed by atoms with Gasteiger partial charge in [0, 0.05) is 3.57 Å². The van der Waals surface area contributed by atoms with Crippen LogP contribution in [0.2, 0.25) is 0 Å². The average molecular weight is 294 g/mol. The van der Waals surface area contributed by atoms with Crippen LogP contribution in [0.15, 0.2) is 6.07 Å². The van der Waals surface area contributed by atoms with Crippen LogP contribution in [-0.2, 0) is 0 Å². The fourth-order valence-corrected chi connectivity index (χ4v) is 1.39. The van der Waals surface area contributed by atoms with Crippen molar-refractivity contribution in [2.75, 3.05) is 0 Å². The average Bonchev–Trinajstić information content (AvgIpc) is 2.09. The Labute approximate surface area is 87.7 Å². The lowest BCUT2D eigenvalue weighted by Gasteiger charge is -2.03. The van der Waals surface area contributed by atoms with E-state index in [2.05, 4.69) is 4.98 Å². The van der Waals surface area contributed by atoms with Gasteiger partial charge in [0.05, 0.1) is 0 Å². The molecule has 1 heterocycles. The minimum absolute atomic E-state index is 0.0715. The van der Waals surface area contributed by atoms with E-state index in [-0.39, 0.29) is 11.4 Å². The summed E-state index contributed by atoms with van der Waals surface area (Å²) in [6.45, 7) is 1.68. The van der Waals surface area contributed by atoms with Crippen LogP contribution in [0.5, 0.6) is 0 Å². The van der Waals surface area contributed by atoms with E-state index in [0.717, 1.165) is 0 Å². The maximum absolute atomic E-state index is 12.2. The monoisotopic (exact) mass is 294 g/mol. The molecule has 2 nitrogen and oxygen atoms in total. The van der Waals surface area contributed by atoms with Crippen LogP contribution in [0.3, 0.4) is 0 Å². The van der Waals surface area contributed by atoms with Crippen LogP contribution < -0.4 is 0 Å². The molecule has 0 radical (unpaired) electrons. The molecule has 1 rings (SSSR count). The lowest BCUT2D eigenvalue weighted by Crippen LogP contribution is -1.98. The van der Waals surface area contributed by atoms with Crippen molar-refractivity contribution in [3.8, 4) is 6.07 Å². The molecule has 13 heavy (non-hydrogen) atoms. The van der Waals surface area contributed by atoms with Crippen LogP contribution in [0, 0.1) is 21.8 Å². The molecule has 0 N–H and O–H groups in total. The number of hydrogen-bond donors (Lipinski definition) is 0. The van der Waals surface area contributed by atoms with Crippen molar-refractivity contribution in [2.24, 2.45) is 0 Å². The van der Waals surface area contributed by atoms with Crippen LogP contribution in [0.25, 0.3) is 0 Å². The first-order valence-corrected chi connectivity index (χ1v) is 4.49. The lowest BCUT2D eigenvalue weighted by molar-refractivity contribution is 0.146. The first-order chi connectivity index (χ1) is 6.06. The molecule has 0 aliphatic carbocycles. The molecule has 0 fully saturated rings. The Bertz CT molecular complexity index is 371. The number of alkyl halides is 2. The Kier molecular flexibility index (Phi) is 3.14. The predicted molar refractivity (Wildman–Crippen MR) is 51.4 cm³/mol. The van der Waals surface area contributed by atoms with Gasteiger partial charge in [0.15, 0.2) is 0 Å². The van der Waals surface area contributed by atoms with Crippen molar-refractivity contribution in [2.45, 2.75) is 13.3 Å². The molecule has 0 unspecified atom stereocenters. The third-order valence-corrected chi connectivity index (χ3v) is 2.68. The summed E-state index contributed by atoms with van der Waals surface area (Å²) in [6.07, 6.45) is -2.62. The maximum atomic E-state index is 12.2. The van der Waals surface area contributed by atoms with Gasteiger partial charge in [-0.1, -0.05) is 0 Å². The van der Waals surface area contributed by atoms with Gasteiger partial charge in [-0.05, 0) is 41.1 Å². The van der Waals surface area contributed by atoms with Crippen molar-refractivity contribution in [1.29, 1.82) is 5.26 Å². The van der Waals surface area contributed by atoms with Crippen molar-refractivity contribution >= 4 is 22.6 Å². The van der Waals surface area contributed by atoms with Gasteiger partial charge < -0.3 is 0 Å². The highest BCUT2D eigenvalue weighted by Gasteiger charge is 2.13. The molecule has 0 atom stereocenters. The first-order valence-electron chi connectivity index (χ1n) is 3.41. The van der Waals surface area contributed by atoms with E-state index in [1.165, 1.54) is 6.07 Å². The Hall–Kier alpha value is -0.770. The lowest BCUT2D eigenvalue weighted by atomic mass is 10.2. The molecule has 0 saturated carbocycles. The summed E-state index contributed by atoms with van der Waals surface area (Å²) >= 11 is 1.91. The number of pyridine rings is 1. The van der Waals surface area contributed by atoms with Gasteiger partial charge in [0.2, 0.25) is 0 Å². The second-order valence-electron chi connectivity index (χ2n) is 2.42. The molecular weight excluding hydrogens is 289 g/mol. The van der Waals surface area contributed by atoms with E-state index in [4.69, 9.17) is 5.26 Å². The quantitative estimate of drug-likeness (QED) is 0.747. The fourth-order valence-electron chi connectivity index (χ4n) is 0.817. The molecule has 0 saturated heterocycles. The Balaban J connectivity index is 3.32. The molecular formula is C8H5F2IN2. The zero-order valence-electron chi connectivity index (χ0n) is 6.68. The van der Waals surface area contributed by atoms with E-state index in [1.807, 2.05) is 22.6 Å². The number of rotatable bonds is 1. The number of aromatic nitrogens is 1. The van der Waals surface area contributed by atoms with Gasteiger partial charge >= 0.3 is 0 Å². The first kappa shape index (κ1) is 10.3. The zero-order chi connectivity index (χ0) is 10.0. The minimum atomic E-state index is -2.62. The fraction of sp³-hybridized carbons (Fsp3) is 0.250. The maximum Gasteiger partial charge on any atom is 0.280 e. The third-order valence-electron chi connectivity index (χ3n) is 1.56. The highest BCUT2D eigenvalue weighted by Crippen LogP contribution is 2.22. The van der Waals surface area contributed by atoms with E-state index >= 15 is 0 Å². The number of nitrogens with zero attached hydrogens (tertiary/aromatic N) is 2. The van der Waals surface area contributed by atoms with Gasteiger partial charge in [-0.2, -0.15) is 5.26 Å². The van der Waals surface area contributed by atoms with Crippen molar-refractivity contribution in [3.63, 3.8) is 0 Å². The molecule has 1 aromatic rings. The smallest absolute Gasteiger partial charge is 0.236 e. The van der Waals surface area contributed by atoms with Crippen molar-refractivity contribution in [3.05, 3.63) is 26.6 Å². The predicted octanol–water partition coefficient (Wildman–Crippen LogP) is 2.80. The largest absolute Gasteiger partial charge is 0.280 e. The summed E-state index contributed by atoms with van der Waals surface area (Å²) in [5.41, 5.74) is 0.376. The van der Waals surface area contributed by atoms with Gasteiger partial charge in [-0.15, -0.1) is 0 Å². The molecule has 0 bridgehead atoms. The molecule has 0 aliphatic rings. The Morgan fingerprint density at radius 3 is 2.69 bits per heavy atom. The third kappa shape index (κ3) is 2.12. The Morgan fingerprint density at radius 2 is 2.23 bits per heavy atom. The van der Waals surface area contributed by atoms with Crippen LogP contribution >= 0.6 is 22.6 Å². The van der Waals surface area contributed by atoms with E-state index in [9.17, 15) is 8.78 Å². The normalized spacial score (nSPS) is 10.2. The summed E-state index contributed by atoms with van der Waals surface area (Å²) in [5.74, 6) is 0. The molecule has 1 aromatic heterocycles. The molecule has 0 aromatic carbocycles. The summed E-state index contributed by atoms with van der Waals surface area (Å²) in [4.78, 5) is 3.54. The molecule has 0 amide bonds. The molecule has 0 spiro atoms. The van der Waals surface area contributed by atoms with Gasteiger partial charge in [0.1, 0.15) is 17.5 Å². The van der Waals surface area contributed by atoms with E-state index in [1.54, 1.807) is 13.0 Å². The van der Waals surface area contributed by atoms with Crippen LogP contribution in [0.4, 0.5) is 8.78 Å². The summed E-state index contributed by atoms with van der Waals surface area (Å²) < 4.78 is 25.1. The summed E-state index contributed by atoms with van der Waals surface area (Å²) in [5, 5.41) is 8.59. The summed E-state index contributed by atoms with van der Waals surface area (Å²) in [6, 6.07) is 3.08. The second-order valence-corrected chi connectivity index (χ2v) is 3.58. The van der Waals surface area contributed by atoms with Gasteiger partial charge in [-0.3, -0.25) is 0 Å². The number of halogens is 3. The van der Waals surface area contributed by atoms with E-state index < -0.39 is 6.43 Å². The van der Waals surface area contributed by atoms with Crippen molar-refractivity contribution in [1.82, 2.24) is 4.98 Å². The highest BCUT2D eigenvalue weighted by atomic mass is 127. The second kappa shape index (κ2) is 3.96. The van der Waals surface area contributed by atoms with Crippen LogP contribution in [0.1, 0.15) is 23.4 Å². The molecule has 68 valence electrons. The molecule has 0 aliphatic heterocycles. The standard InChI is InChI=1S/C8H5F2IN2/c1-4-5(11)2-6(8(9)10)13-7(4)3-12/h2,8H,1H3. The molecule has 5 heteroatoms. The minimum Gasteiger partial charge on any atom is -0.236 e. The number of nitriles is 1. The zero-order valence-corrected chi connectivity index (χ0v) is 8.84. The number of hydrogen-bond acceptors (Lipinski definition) is 2. The van der Waals surface area contributed by atoms with Gasteiger partial charge in [0.25, 0.3) is 6.43 Å². The Morgan fingerprint density at radius 1 is 1.62 bits per heavy atom. The van der Waals surface area contributed by atoms with E-state index in [0.29, 0.717) is 9.13 Å². The summed E-state index contributed by atoms with van der Waals surface area (Å²) in [7, 11) is 0. The van der Waals surface area contributed by atoms with Crippen molar-refractivity contribution < 1.29 is 8.78 Å².